The van der Waals surface area contributed by atoms with Crippen LogP contribution in [-0.4, -0.2) is 43.8 Å². The average molecular weight is 210 g/mol. The van der Waals surface area contributed by atoms with E-state index in [4.69, 9.17) is 20.8 Å². The third-order valence-corrected chi connectivity index (χ3v) is 2.14. The summed E-state index contributed by atoms with van der Waals surface area (Å²) < 4.78 is 0. The quantitative estimate of drug-likeness (QED) is 0.487. The van der Waals surface area contributed by atoms with Crippen molar-refractivity contribution in [3.8, 4) is 0 Å². The van der Waals surface area contributed by atoms with Gasteiger partial charge in [-0.1, -0.05) is 6.92 Å². The van der Waals surface area contributed by atoms with E-state index in [9.17, 15) is 0 Å². The van der Waals surface area contributed by atoms with Crippen LogP contribution >= 0.6 is 0 Å². The van der Waals surface area contributed by atoms with Crippen molar-refractivity contribution in [1.82, 2.24) is 10.8 Å². The largest absolute Gasteiger partial charge is 0.266 e. The van der Waals surface area contributed by atoms with Gasteiger partial charge in [0, 0.05) is 0 Å². The molecule has 2 atom stereocenters. The van der Waals surface area contributed by atoms with E-state index in [0.717, 1.165) is 0 Å². The molecule has 8 heteroatoms. The van der Waals surface area contributed by atoms with Crippen LogP contribution in [0.25, 0.3) is 0 Å². The first-order valence-electron chi connectivity index (χ1n) is 4.18. The third kappa shape index (κ3) is 3.44. The van der Waals surface area contributed by atoms with Gasteiger partial charge in [-0.3, -0.25) is 20.8 Å². The molecule has 0 bridgehead atoms. The minimum absolute atomic E-state index is 0.241. The molecule has 0 saturated heterocycles. The van der Waals surface area contributed by atoms with E-state index in [1.807, 2.05) is 6.92 Å². The fourth-order valence-corrected chi connectivity index (χ4v) is 1.66. The maximum absolute atomic E-state index is 8.42. The lowest BCUT2D eigenvalue weighted by Gasteiger charge is -2.21. The first kappa shape index (κ1) is 11.8. The number of hydrogen-bond acceptors (Lipinski definition) is 8. The van der Waals surface area contributed by atoms with Crippen LogP contribution in [0.1, 0.15) is 19.8 Å². The van der Waals surface area contributed by atoms with Crippen LogP contribution < -0.4 is 0 Å². The molecular weight excluding hydrogens is 196 g/mol. The van der Waals surface area contributed by atoms with Gasteiger partial charge in [0.25, 0.3) is 0 Å². The van der Waals surface area contributed by atoms with Gasteiger partial charge in [0.05, 0.1) is 10.8 Å². The van der Waals surface area contributed by atoms with Crippen molar-refractivity contribution in [2.75, 3.05) is 0 Å². The van der Waals surface area contributed by atoms with Crippen molar-refractivity contribution in [2.45, 2.75) is 32.0 Å². The van der Waals surface area contributed by atoms with Gasteiger partial charge in [-0.15, -0.1) is 0 Å². The summed E-state index contributed by atoms with van der Waals surface area (Å²) in [6.45, 7) is 1.91. The SMILES string of the molecule is CC1CC(ON(O)O)C(ON(O)O)C1. The molecular formula is C6H14N2O6. The van der Waals surface area contributed by atoms with E-state index in [-0.39, 0.29) is 5.92 Å². The van der Waals surface area contributed by atoms with Gasteiger partial charge in [-0.25, -0.2) is 9.68 Å². The van der Waals surface area contributed by atoms with Gasteiger partial charge >= 0.3 is 0 Å². The molecule has 1 rings (SSSR count). The highest BCUT2D eigenvalue weighted by Crippen LogP contribution is 2.30. The van der Waals surface area contributed by atoms with Crippen LogP contribution in [0.5, 0.6) is 0 Å². The molecule has 0 aromatic rings. The monoisotopic (exact) mass is 210 g/mol. The Labute approximate surface area is 80.2 Å². The summed E-state index contributed by atoms with van der Waals surface area (Å²) in [7, 11) is 0. The summed E-state index contributed by atoms with van der Waals surface area (Å²) in [6, 6.07) is 0. The molecule has 0 amide bonds. The Kier molecular flexibility index (Phi) is 4.16. The third-order valence-electron chi connectivity index (χ3n) is 2.14. The molecule has 0 aromatic heterocycles. The number of rotatable bonds is 4. The van der Waals surface area contributed by atoms with Crippen molar-refractivity contribution >= 4 is 0 Å². The Morgan fingerprint density at radius 3 is 1.57 bits per heavy atom. The zero-order valence-corrected chi connectivity index (χ0v) is 7.65. The van der Waals surface area contributed by atoms with E-state index in [2.05, 4.69) is 9.68 Å². The average Bonchev–Trinajstić information content (AvgIpc) is 2.28. The fraction of sp³-hybridized carbons (Fsp3) is 1.00. The van der Waals surface area contributed by atoms with E-state index in [1.165, 1.54) is 0 Å². The molecule has 0 aliphatic heterocycles. The Bertz CT molecular complexity index is 160. The molecule has 0 heterocycles. The second-order valence-corrected chi connectivity index (χ2v) is 3.37. The highest BCUT2D eigenvalue weighted by atomic mass is 17.1. The lowest BCUT2D eigenvalue weighted by atomic mass is 10.1. The molecule has 1 saturated carbocycles. The smallest absolute Gasteiger partial charge is 0.113 e. The van der Waals surface area contributed by atoms with E-state index in [0.29, 0.717) is 12.8 Å². The van der Waals surface area contributed by atoms with Crippen molar-refractivity contribution in [1.29, 1.82) is 0 Å². The predicted molar refractivity (Wildman–Crippen MR) is 39.0 cm³/mol. The van der Waals surface area contributed by atoms with Crippen molar-refractivity contribution in [3.63, 3.8) is 0 Å². The highest BCUT2D eigenvalue weighted by Gasteiger charge is 2.36. The summed E-state index contributed by atoms with van der Waals surface area (Å²) in [5.41, 5.74) is 0. The second-order valence-electron chi connectivity index (χ2n) is 3.37. The lowest BCUT2D eigenvalue weighted by Crippen LogP contribution is -2.35. The normalized spacial score (nSPS) is 33.2. The molecule has 0 spiro atoms. The topological polar surface area (TPSA) is 106 Å². The number of nitrogens with zero attached hydrogens (tertiary/aromatic N) is 2. The Hall–Kier alpha value is -0.320. The standard InChI is InChI=1S/C6H14N2O6/c1-4-2-5(13-7(9)10)6(3-4)14-8(11)12/h4-6,9-12H,2-3H2,1H3. The molecule has 84 valence electrons. The van der Waals surface area contributed by atoms with Gasteiger partial charge < -0.3 is 0 Å². The summed E-state index contributed by atoms with van der Waals surface area (Å²) in [5.74, 6) is 0.241. The summed E-state index contributed by atoms with van der Waals surface area (Å²) in [4.78, 5) is 9.13. The molecule has 8 nitrogen and oxygen atoms in total. The summed E-state index contributed by atoms with van der Waals surface area (Å²) >= 11 is 0. The van der Waals surface area contributed by atoms with Gasteiger partial charge in [0.1, 0.15) is 12.2 Å². The van der Waals surface area contributed by atoms with Gasteiger partial charge in [0.2, 0.25) is 0 Å². The lowest BCUT2D eigenvalue weighted by molar-refractivity contribution is -0.535. The predicted octanol–water partition coefficient (Wildman–Crippen LogP) is 0.177. The first-order valence-corrected chi connectivity index (χ1v) is 4.18. The highest BCUT2D eigenvalue weighted by molar-refractivity contribution is 4.82. The minimum atomic E-state index is -0.623. The molecule has 14 heavy (non-hydrogen) atoms. The molecule has 0 aromatic carbocycles. The van der Waals surface area contributed by atoms with Crippen LogP contribution in [0.4, 0.5) is 0 Å². The van der Waals surface area contributed by atoms with Gasteiger partial charge in [0.15, 0.2) is 0 Å². The van der Waals surface area contributed by atoms with Crippen LogP contribution in [0.3, 0.4) is 0 Å². The molecule has 2 unspecified atom stereocenters. The van der Waals surface area contributed by atoms with Gasteiger partial charge in [-0.05, 0) is 18.8 Å². The van der Waals surface area contributed by atoms with Gasteiger partial charge in [-0.2, -0.15) is 0 Å². The zero-order chi connectivity index (χ0) is 10.7. The Morgan fingerprint density at radius 1 is 0.929 bits per heavy atom. The van der Waals surface area contributed by atoms with E-state index < -0.39 is 23.0 Å². The second kappa shape index (κ2) is 4.96. The molecule has 0 radical (unpaired) electrons. The summed E-state index contributed by atoms with van der Waals surface area (Å²) in [6.07, 6.45) is -0.171. The minimum Gasteiger partial charge on any atom is -0.266 e. The molecule has 1 fully saturated rings. The molecule has 1 aliphatic carbocycles. The van der Waals surface area contributed by atoms with Crippen molar-refractivity contribution < 1.29 is 30.5 Å². The van der Waals surface area contributed by atoms with Crippen molar-refractivity contribution in [2.24, 2.45) is 5.92 Å². The maximum Gasteiger partial charge on any atom is 0.113 e. The zero-order valence-electron chi connectivity index (χ0n) is 7.65. The number of hydrogen-bond donors (Lipinski definition) is 4. The van der Waals surface area contributed by atoms with Crippen LogP contribution in [0, 0.1) is 5.92 Å². The van der Waals surface area contributed by atoms with Crippen LogP contribution in [-0.2, 0) is 9.68 Å². The summed E-state index contributed by atoms with van der Waals surface area (Å²) in [5, 5.41) is 32.9. The van der Waals surface area contributed by atoms with Crippen LogP contribution in [0.15, 0.2) is 0 Å². The first-order chi connectivity index (χ1) is 6.49. The maximum atomic E-state index is 8.42. The van der Waals surface area contributed by atoms with E-state index in [1.54, 1.807) is 0 Å². The Balaban J connectivity index is 2.45. The molecule has 1 aliphatic rings. The molecule has 4 N–H and O–H groups in total. The van der Waals surface area contributed by atoms with Crippen molar-refractivity contribution in [3.05, 3.63) is 0 Å². The van der Waals surface area contributed by atoms with Crippen LogP contribution in [0.2, 0.25) is 0 Å². The Morgan fingerprint density at radius 2 is 1.29 bits per heavy atom. The van der Waals surface area contributed by atoms with E-state index >= 15 is 0 Å². The fourth-order valence-electron chi connectivity index (χ4n) is 1.66.